The second-order valence-electron chi connectivity index (χ2n) is 7.77. The van der Waals surface area contributed by atoms with Gasteiger partial charge in [-0.3, -0.25) is 15.1 Å². The van der Waals surface area contributed by atoms with E-state index >= 15 is 0 Å². The molecule has 0 bridgehead atoms. The molecule has 0 saturated carbocycles. The molecule has 0 unspecified atom stereocenters. The SMILES string of the molecule is COC(=O)Nc1ccc(-c2ccccc2C(=O)Nc2ccc(NCCc3ccccn3)cc2)cc1. The molecule has 0 aliphatic heterocycles. The Labute approximate surface area is 204 Å². The highest BCUT2D eigenvalue weighted by Gasteiger charge is 2.13. The zero-order valence-electron chi connectivity index (χ0n) is 19.3. The van der Waals surface area contributed by atoms with Gasteiger partial charge in [-0.25, -0.2) is 4.79 Å². The summed E-state index contributed by atoms with van der Waals surface area (Å²) < 4.78 is 4.61. The predicted molar refractivity (Wildman–Crippen MR) is 139 cm³/mol. The van der Waals surface area contributed by atoms with Gasteiger partial charge < -0.3 is 15.4 Å². The fraction of sp³-hybridized carbons (Fsp3) is 0.107. The number of hydrogen-bond acceptors (Lipinski definition) is 5. The molecular weight excluding hydrogens is 440 g/mol. The number of carbonyl (C=O) groups is 2. The van der Waals surface area contributed by atoms with Crippen LogP contribution in [0.4, 0.5) is 21.9 Å². The van der Waals surface area contributed by atoms with E-state index in [1.165, 1.54) is 7.11 Å². The normalized spacial score (nSPS) is 10.3. The Morgan fingerprint density at radius 1 is 0.771 bits per heavy atom. The Morgan fingerprint density at radius 3 is 2.14 bits per heavy atom. The van der Waals surface area contributed by atoms with Crippen molar-refractivity contribution in [2.45, 2.75) is 6.42 Å². The molecule has 3 N–H and O–H groups in total. The fourth-order valence-corrected chi connectivity index (χ4v) is 3.59. The zero-order chi connectivity index (χ0) is 24.5. The lowest BCUT2D eigenvalue weighted by Crippen LogP contribution is -2.13. The number of ether oxygens (including phenoxy) is 1. The third-order valence-corrected chi connectivity index (χ3v) is 5.38. The number of nitrogens with one attached hydrogen (secondary N) is 3. The molecule has 35 heavy (non-hydrogen) atoms. The second-order valence-corrected chi connectivity index (χ2v) is 7.77. The lowest BCUT2D eigenvalue weighted by Gasteiger charge is -2.12. The highest BCUT2D eigenvalue weighted by molar-refractivity contribution is 6.08. The van der Waals surface area contributed by atoms with Crippen molar-refractivity contribution in [3.8, 4) is 11.1 Å². The second kappa shape index (κ2) is 11.5. The molecule has 7 heteroatoms. The first-order valence-electron chi connectivity index (χ1n) is 11.2. The van der Waals surface area contributed by atoms with Crippen LogP contribution in [0.1, 0.15) is 16.1 Å². The molecule has 4 rings (SSSR count). The van der Waals surface area contributed by atoms with E-state index in [1.54, 1.807) is 24.4 Å². The van der Waals surface area contributed by atoms with E-state index < -0.39 is 6.09 Å². The van der Waals surface area contributed by atoms with E-state index in [0.29, 0.717) is 16.9 Å². The number of rotatable bonds is 8. The van der Waals surface area contributed by atoms with Crippen LogP contribution in [0.2, 0.25) is 0 Å². The topological polar surface area (TPSA) is 92.3 Å². The number of pyridine rings is 1. The van der Waals surface area contributed by atoms with Crippen molar-refractivity contribution in [1.82, 2.24) is 4.98 Å². The molecule has 4 aromatic rings. The molecule has 0 saturated heterocycles. The molecule has 176 valence electrons. The summed E-state index contributed by atoms with van der Waals surface area (Å²) in [5.41, 5.74) is 5.53. The number of benzene rings is 3. The Balaban J connectivity index is 1.39. The summed E-state index contributed by atoms with van der Waals surface area (Å²) in [6.07, 6.45) is 2.09. The van der Waals surface area contributed by atoms with Gasteiger partial charge in [-0.15, -0.1) is 0 Å². The molecule has 0 aliphatic carbocycles. The quantitative estimate of drug-likeness (QED) is 0.304. The third-order valence-electron chi connectivity index (χ3n) is 5.38. The van der Waals surface area contributed by atoms with E-state index in [9.17, 15) is 9.59 Å². The Kier molecular flexibility index (Phi) is 7.70. The van der Waals surface area contributed by atoms with Crippen LogP contribution in [0.5, 0.6) is 0 Å². The molecule has 3 aromatic carbocycles. The largest absolute Gasteiger partial charge is 0.453 e. The summed E-state index contributed by atoms with van der Waals surface area (Å²) in [4.78, 5) is 28.8. The van der Waals surface area contributed by atoms with Crippen LogP contribution in [0.15, 0.2) is 97.2 Å². The number of amides is 2. The highest BCUT2D eigenvalue weighted by Crippen LogP contribution is 2.26. The van der Waals surface area contributed by atoms with Crippen molar-refractivity contribution >= 4 is 29.1 Å². The predicted octanol–water partition coefficient (Wildman–Crippen LogP) is 5.83. The van der Waals surface area contributed by atoms with Gasteiger partial charge in [0.2, 0.25) is 0 Å². The van der Waals surface area contributed by atoms with Gasteiger partial charge in [-0.2, -0.15) is 0 Å². The van der Waals surface area contributed by atoms with Crippen LogP contribution >= 0.6 is 0 Å². The maximum Gasteiger partial charge on any atom is 0.411 e. The minimum absolute atomic E-state index is 0.201. The molecule has 0 fully saturated rings. The molecule has 1 aromatic heterocycles. The van der Waals surface area contributed by atoms with Gasteiger partial charge in [-0.05, 0) is 65.7 Å². The van der Waals surface area contributed by atoms with Crippen LogP contribution in [0.3, 0.4) is 0 Å². The number of nitrogens with zero attached hydrogens (tertiary/aromatic N) is 1. The third kappa shape index (κ3) is 6.45. The molecular formula is C28H26N4O3. The molecule has 2 amide bonds. The van der Waals surface area contributed by atoms with Gasteiger partial charge >= 0.3 is 6.09 Å². The van der Waals surface area contributed by atoms with Crippen molar-refractivity contribution in [2.24, 2.45) is 0 Å². The van der Waals surface area contributed by atoms with E-state index in [2.05, 4.69) is 25.7 Å². The summed E-state index contributed by atoms with van der Waals surface area (Å²) in [7, 11) is 1.31. The van der Waals surface area contributed by atoms with Gasteiger partial charge in [-0.1, -0.05) is 36.4 Å². The molecule has 1 heterocycles. The van der Waals surface area contributed by atoms with Crippen LogP contribution < -0.4 is 16.0 Å². The molecule has 0 spiro atoms. The maximum atomic E-state index is 13.1. The Bertz CT molecular complexity index is 1270. The van der Waals surface area contributed by atoms with Gasteiger partial charge in [0.1, 0.15) is 0 Å². The number of carbonyl (C=O) groups excluding carboxylic acids is 2. The minimum Gasteiger partial charge on any atom is -0.453 e. The summed E-state index contributed by atoms with van der Waals surface area (Å²) in [5, 5.41) is 8.96. The molecule has 0 aliphatic rings. The first-order chi connectivity index (χ1) is 17.1. The maximum absolute atomic E-state index is 13.1. The van der Waals surface area contributed by atoms with Gasteiger partial charge in [0, 0.05) is 47.5 Å². The summed E-state index contributed by atoms with van der Waals surface area (Å²) in [5.74, 6) is -0.201. The minimum atomic E-state index is -0.535. The highest BCUT2D eigenvalue weighted by atomic mass is 16.5. The van der Waals surface area contributed by atoms with Crippen molar-refractivity contribution in [3.63, 3.8) is 0 Å². The van der Waals surface area contributed by atoms with Crippen molar-refractivity contribution in [1.29, 1.82) is 0 Å². The lowest BCUT2D eigenvalue weighted by atomic mass is 9.99. The van der Waals surface area contributed by atoms with E-state index in [4.69, 9.17) is 0 Å². The van der Waals surface area contributed by atoms with Crippen molar-refractivity contribution in [2.75, 3.05) is 29.6 Å². The first kappa shape index (κ1) is 23.5. The number of anilines is 3. The summed E-state index contributed by atoms with van der Waals surface area (Å²) in [6.45, 7) is 0.768. The standard InChI is InChI=1S/C28H26N4O3/c1-35-28(34)32-24-11-9-20(10-12-24)25-7-2-3-8-26(25)27(33)31-23-15-13-22(14-16-23)30-19-17-21-6-4-5-18-29-21/h2-16,18,30H,17,19H2,1H3,(H,31,33)(H,32,34). The van der Waals surface area contributed by atoms with Crippen LogP contribution in [-0.4, -0.2) is 30.6 Å². The van der Waals surface area contributed by atoms with E-state index in [1.807, 2.05) is 72.8 Å². The smallest absolute Gasteiger partial charge is 0.411 e. The molecule has 0 radical (unpaired) electrons. The van der Waals surface area contributed by atoms with E-state index in [-0.39, 0.29) is 5.91 Å². The van der Waals surface area contributed by atoms with Crippen LogP contribution in [0.25, 0.3) is 11.1 Å². The Morgan fingerprint density at radius 2 is 1.43 bits per heavy atom. The number of methoxy groups -OCH3 is 1. The van der Waals surface area contributed by atoms with Gasteiger partial charge in [0.05, 0.1) is 7.11 Å². The molecule has 0 atom stereocenters. The number of hydrogen-bond donors (Lipinski definition) is 3. The number of aromatic nitrogens is 1. The van der Waals surface area contributed by atoms with Gasteiger partial charge in [0.15, 0.2) is 0 Å². The average molecular weight is 467 g/mol. The Hall–Kier alpha value is -4.65. The van der Waals surface area contributed by atoms with Gasteiger partial charge in [0.25, 0.3) is 5.91 Å². The first-order valence-corrected chi connectivity index (χ1v) is 11.2. The zero-order valence-corrected chi connectivity index (χ0v) is 19.3. The van der Waals surface area contributed by atoms with Crippen LogP contribution in [-0.2, 0) is 11.2 Å². The molecule has 7 nitrogen and oxygen atoms in total. The fourth-order valence-electron chi connectivity index (χ4n) is 3.59. The van der Waals surface area contributed by atoms with Crippen molar-refractivity contribution < 1.29 is 14.3 Å². The van der Waals surface area contributed by atoms with Crippen molar-refractivity contribution in [3.05, 3.63) is 108 Å². The average Bonchev–Trinajstić information content (AvgIpc) is 2.90. The monoisotopic (exact) mass is 466 g/mol. The van der Waals surface area contributed by atoms with E-state index in [0.717, 1.165) is 35.5 Å². The summed E-state index contributed by atoms with van der Waals surface area (Å²) >= 11 is 0. The lowest BCUT2D eigenvalue weighted by molar-refractivity contribution is 0.102. The van der Waals surface area contributed by atoms with Crippen LogP contribution in [0, 0.1) is 0 Å². The summed E-state index contributed by atoms with van der Waals surface area (Å²) in [6, 6.07) is 28.1.